The minimum atomic E-state index is -0.0238. The van der Waals surface area contributed by atoms with Crippen LogP contribution in [0.1, 0.15) is 88.3 Å². The van der Waals surface area contributed by atoms with Gasteiger partial charge < -0.3 is 10.2 Å². The Bertz CT molecular complexity index is 811. The lowest BCUT2D eigenvalue weighted by atomic mass is 10.0. The van der Waals surface area contributed by atoms with E-state index < -0.39 is 0 Å². The fraction of sp³-hybridized carbons (Fsp3) is 0.682. The summed E-state index contributed by atoms with van der Waals surface area (Å²) in [4.78, 5) is 20.3. The van der Waals surface area contributed by atoms with Crippen molar-refractivity contribution in [2.24, 2.45) is 0 Å². The zero-order valence-electron chi connectivity index (χ0n) is 18.0. The topological polar surface area (TPSA) is 63.1 Å². The van der Waals surface area contributed by atoms with Gasteiger partial charge in [0.05, 0.1) is 17.1 Å². The van der Waals surface area contributed by atoms with Crippen LogP contribution in [0, 0.1) is 0 Å². The van der Waals surface area contributed by atoms with Gasteiger partial charge in [-0.15, -0.1) is 0 Å². The molecule has 1 aliphatic rings. The Morgan fingerprint density at radius 3 is 2.75 bits per heavy atom. The summed E-state index contributed by atoms with van der Waals surface area (Å²) in [5, 5.41) is 8.43. The molecule has 2 aromatic heterocycles. The van der Waals surface area contributed by atoms with Gasteiger partial charge in [-0.25, -0.2) is 9.67 Å². The summed E-state index contributed by atoms with van der Waals surface area (Å²) in [6.07, 6.45) is 6.68. The highest BCUT2D eigenvalue weighted by molar-refractivity contribution is 6.05. The molecular formula is C22H35N5O. The van der Waals surface area contributed by atoms with Crippen molar-refractivity contribution in [1.29, 1.82) is 0 Å². The second-order valence-electron chi connectivity index (χ2n) is 8.66. The van der Waals surface area contributed by atoms with E-state index in [1.807, 2.05) is 10.7 Å². The van der Waals surface area contributed by atoms with Gasteiger partial charge in [-0.3, -0.25) is 4.79 Å². The Morgan fingerprint density at radius 1 is 1.29 bits per heavy atom. The minimum Gasteiger partial charge on any atom is -0.352 e. The van der Waals surface area contributed by atoms with Gasteiger partial charge in [0.25, 0.3) is 5.91 Å². The van der Waals surface area contributed by atoms with E-state index in [1.165, 1.54) is 25.8 Å². The number of hydrogen-bond donors (Lipinski definition) is 1. The highest BCUT2D eigenvalue weighted by Gasteiger charge is 2.20. The second kappa shape index (κ2) is 9.03. The smallest absolute Gasteiger partial charge is 0.252 e. The van der Waals surface area contributed by atoms with Crippen molar-refractivity contribution in [3.63, 3.8) is 0 Å². The zero-order chi connectivity index (χ0) is 20.3. The van der Waals surface area contributed by atoms with E-state index in [0.717, 1.165) is 29.7 Å². The van der Waals surface area contributed by atoms with Crippen LogP contribution in [0.15, 0.2) is 12.3 Å². The molecular weight excluding hydrogens is 350 g/mol. The van der Waals surface area contributed by atoms with Gasteiger partial charge >= 0.3 is 0 Å². The molecule has 0 aromatic carbocycles. The van der Waals surface area contributed by atoms with Crippen LogP contribution in [0.2, 0.25) is 0 Å². The fourth-order valence-electron chi connectivity index (χ4n) is 3.97. The van der Waals surface area contributed by atoms with Crippen molar-refractivity contribution in [3.8, 4) is 0 Å². The predicted molar refractivity (Wildman–Crippen MR) is 114 cm³/mol. The molecule has 1 saturated heterocycles. The van der Waals surface area contributed by atoms with Crippen LogP contribution in [0.25, 0.3) is 11.0 Å². The highest BCUT2D eigenvalue weighted by atomic mass is 16.1. The van der Waals surface area contributed by atoms with Gasteiger partial charge in [0.1, 0.15) is 0 Å². The largest absolute Gasteiger partial charge is 0.352 e. The SMILES string of the molecule is CC(C)c1cc(C(=O)NCCCN2CCCCC2C)c2cnn(C(C)C)c2n1. The van der Waals surface area contributed by atoms with E-state index in [2.05, 4.69) is 49.9 Å². The maximum Gasteiger partial charge on any atom is 0.252 e. The number of amides is 1. The molecule has 1 fully saturated rings. The third-order valence-electron chi connectivity index (χ3n) is 5.76. The van der Waals surface area contributed by atoms with Crippen LogP contribution in [0.3, 0.4) is 0 Å². The van der Waals surface area contributed by atoms with Gasteiger partial charge in [0.15, 0.2) is 5.65 Å². The van der Waals surface area contributed by atoms with E-state index in [1.54, 1.807) is 6.20 Å². The molecule has 1 amide bonds. The third kappa shape index (κ3) is 4.54. The first-order chi connectivity index (χ1) is 13.4. The molecule has 3 heterocycles. The lowest BCUT2D eigenvalue weighted by Gasteiger charge is -2.33. The lowest BCUT2D eigenvalue weighted by Crippen LogP contribution is -2.39. The van der Waals surface area contributed by atoms with E-state index in [4.69, 9.17) is 4.98 Å². The maximum absolute atomic E-state index is 12.9. The number of fused-ring (bicyclic) bond motifs is 1. The third-order valence-corrected chi connectivity index (χ3v) is 5.76. The van der Waals surface area contributed by atoms with Crippen LogP contribution in [0.5, 0.6) is 0 Å². The molecule has 0 saturated carbocycles. The zero-order valence-corrected chi connectivity index (χ0v) is 18.0. The monoisotopic (exact) mass is 385 g/mol. The first kappa shape index (κ1) is 20.8. The van der Waals surface area contributed by atoms with Crippen LogP contribution in [-0.4, -0.2) is 51.2 Å². The van der Waals surface area contributed by atoms with Gasteiger partial charge in [-0.1, -0.05) is 20.3 Å². The van der Waals surface area contributed by atoms with Crippen molar-refractivity contribution in [2.75, 3.05) is 19.6 Å². The number of nitrogens with zero attached hydrogens (tertiary/aromatic N) is 4. The van der Waals surface area contributed by atoms with Gasteiger partial charge in [0, 0.05) is 30.9 Å². The van der Waals surface area contributed by atoms with Crippen molar-refractivity contribution in [2.45, 2.75) is 78.3 Å². The summed E-state index contributed by atoms with van der Waals surface area (Å²) in [7, 11) is 0. The van der Waals surface area contributed by atoms with E-state index in [-0.39, 0.29) is 17.9 Å². The average Bonchev–Trinajstić information content (AvgIpc) is 3.09. The molecule has 28 heavy (non-hydrogen) atoms. The molecule has 6 nitrogen and oxygen atoms in total. The Morgan fingerprint density at radius 2 is 2.07 bits per heavy atom. The number of hydrogen-bond acceptors (Lipinski definition) is 4. The minimum absolute atomic E-state index is 0.0238. The lowest BCUT2D eigenvalue weighted by molar-refractivity contribution is 0.0950. The van der Waals surface area contributed by atoms with E-state index in [9.17, 15) is 4.79 Å². The Hall–Kier alpha value is -1.95. The highest BCUT2D eigenvalue weighted by Crippen LogP contribution is 2.24. The molecule has 0 radical (unpaired) electrons. The Balaban J connectivity index is 1.70. The van der Waals surface area contributed by atoms with E-state index in [0.29, 0.717) is 18.2 Å². The number of piperidine rings is 1. The van der Waals surface area contributed by atoms with Crippen LogP contribution in [0.4, 0.5) is 0 Å². The Labute approximate surface area is 168 Å². The van der Waals surface area contributed by atoms with Gasteiger partial charge in [0.2, 0.25) is 0 Å². The van der Waals surface area contributed by atoms with Crippen LogP contribution >= 0.6 is 0 Å². The maximum atomic E-state index is 12.9. The summed E-state index contributed by atoms with van der Waals surface area (Å²) >= 11 is 0. The number of carbonyl (C=O) groups is 1. The van der Waals surface area contributed by atoms with Gasteiger partial charge in [-0.05, 0) is 58.6 Å². The summed E-state index contributed by atoms with van der Waals surface area (Å²) in [5.41, 5.74) is 2.42. The summed E-state index contributed by atoms with van der Waals surface area (Å²) in [6.45, 7) is 13.6. The van der Waals surface area contributed by atoms with Gasteiger partial charge in [-0.2, -0.15) is 5.10 Å². The quantitative estimate of drug-likeness (QED) is 0.728. The number of carbonyl (C=O) groups excluding carboxylic acids is 1. The second-order valence-corrected chi connectivity index (χ2v) is 8.66. The first-order valence-corrected chi connectivity index (χ1v) is 10.8. The molecule has 1 atom stereocenters. The van der Waals surface area contributed by atoms with Crippen LogP contribution < -0.4 is 5.32 Å². The number of aromatic nitrogens is 3. The molecule has 0 bridgehead atoms. The van der Waals surface area contributed by atoms with Crippen LogP contribution in [-0.2, 0) is 0 Å². The molecule has 1 N–H and O–H groups in total. The number of nitrogens with one attached hydrogen (secondary N) is 1. The van der Waals surface area contributed by atoms with Crippen molar-refractivity contribution in [3.05, 3.63) is 23.5 Å². The van der Waals surface area contributed by atoms with Crippen molar-refractivity contribution in [1.82, 2.24) is 25.0 Å². The van der Waals surface area contributed by atoms with E-state index >= 15 is 0 Å². The molecule has 1 aliphatic heterocycles. The predicted octanol–water partition coefficient (Wildman–Crippen LogP) is 4.13. The standard InChI is InChI=1S/C22H35N5O/c1-15(2)20-13-18(19-14-24-27(16(3)4)21(19)25-20)22(28)23-10-8-12-26-11-7-6-9-17(26)5/h13-17H,6-12H2,1-5H3,(H,23,28). The number of pyridine rings is 1. The number of likely N-dealkylation sites (tertiary alicyclic amines) is 1. The molecule has 1 unspecified atom stereocenters. The molecule has 3 rings (SSSR count). The average molecular weight is 386 g/mol. The first-order valence-electron chi connectivity index (χ1n) is 10.8. The van der Waals surface area contributed by atoms with Crippen molar-refractivity contribution < 1.29 is 4.79 Å². The summed E-state index contributed by atoms with van der Waals surface area (Å²) in [5.74, 6) is 0.233. The molecule has 0 aliphatic carbocycles. The Kier molecular flexibility index (Phi) is 6.70. The molecule has 0 spiro atoms. The molecule has 2 aromatic rings. The summed E-state index contributed by atoms with van der Waals surface area (Å²) in [6, 6.07) is 2.80. The fourth-order valence-corrected chi connectivity index (χ4v) is 3.97. The summed E-state index contributed by atoms with van der Waals surface area (Å²) < 4.78 is 1.90. The normalized spacial score (nSPS) is 18.3. The molecule has 6 heteroatoms. The van der Waals surface area contributed by atoms with Crippen molar-refractivity contribution >= 4 is 16.9 Å². The molecule has 154 valence electrons. The number of rotatable bonds is 7.